The number of benzene rings is 2. The Balaban J connectivity index is 1.97. The molecule has 1 amide bonds. The van der Waals surface area contributed by atoms with E-state index in [2.05, 4.69) is 4.98 Å². The monoisotopic (exact) mass is 406 g/mol. The second-order valence-corrected chi connectivity index (χ2v) is 8.51. The molecule has 0 saturated carbocycles. The van der Waals surface area contributed by atoms with Crippen molar-refractivity contribution in [2.75, 3.05) is 17.6 Å². The Bertz CT molecular complexity index is 1110. The lowest BCUT2D eigenvalue weighted by atomic mass is 10.2. The van der Waals surface area contributed by atoms with Crippen molar-refractivity contribution in [1.82, 2.24) is 15.0 Å². The zero-order valence-corrected chi connectivity index (χ0v) is 16.5. The molecule has 1 aromatic heterocycles. The Kier molecular flexibility index (Phi) is 5.13. The van der Waals surface area contributed by atoms with E-state index in [0.29, 0.717) is 11.2 Å². The summed E-state index contributed by atoms with van der Waals surface area (Å²) in [4.78, 5) is 16.0. The van der Waals surface area contributed by atoms with E-state index in [1.807, 2.05) is 17.9 Å². The number of hydrogen-bond acceptors (Lipinski definition) is 6. The fourth-order valence-electron chi connectivity index (χ4n) is 2.68. The number of aryl methyl sites for hydroxylation is 1. The quantitative estimate of drug-likeness (QED) is 0.383. The number of aromatic nitrogens is 2. The summed E-state index contributed by atoms with van der Waals surface area (Å²) >= 11 is 1.48. The number of carbonyl (C=O) groups excluding carboxylic acids is 1. The minimum absolute atomic E-state index is 0.125. The lowest BCUT2D eigenvalue weighted by Gasteiger charge is -2.19. The average Bonchev–Trinajstić information content (AvgIpc) is 3.02. The summed E-state index contributed by atoms with van der Waals surface area (Å²) in [5.74, 6) is -0.669. The van der Waals surface area contributed by atoms with Crippen LogP contribution < -0.4 is 9.79 Å². The molecule has 8 nitrogen and oxygen atoms in total. The first-order valence-corrected chi connectivity index (χ1v) is 10.5. The van der Waals surface area contributed by atoms with Crippen LogP contribution in [0.5, 0.6) is 0 Å². The van der Waals surface area contributed by atoms with Crippen LogP contribution in [0, 0.1) is 0 Å². The first kappa shape index (κ1) is 19.2. The number of anilines is 1. The van der Waals surface area contributed by atoms with Crippen molar-refractivity contribution in [2.24, 2.45) is 7.05 Å². The van der Waals surface area contributed by atoms with Crippen LogP contribution in [0.3, 0.4) is 0 Å². The standard InChI is InChI=1S/C17H18N4O4S2/c1-20-15-9-8-13(10-14(15)18-17(20)26-3)27(24,25)21(2)12-6-4-11(5-7-12)16(22)19-23/h4-10,23H,1-3H3,(H,19,22). The van der Waals surface area contributed by atoms with Crippen LogP contribution >= 0.6 is 11.8 Å². The number of fused-ring (bicyclic) bond motifs is 1. The van der Waals surface area contributed by atoms with Gasteiger partial charge in [-0.05, 0) is 48.7 Å². The fraction of sp³-hybridized carbons (Fsp3) is 0.176. The van der Waals surface area contributed by atoms with Crippen molar-refractivity contribution < 1.29 is 18.4 Å². The van der Waals surface area contributed by atoms with E-state index < -0.39 is 15.9 Å². The van der Waals surface area contributed by atoms with Crippen molar-refractivity contribution in [1.29, 1.82) is 0 Å². The van der Waals surface area contributed by atoms with E-state index in [9.17, 15) is 13.2 Å². The Morgan fingerprint density at radius 2 is 1.89 bits per heavy atom. The fourth-order valence-corrected chi connectivity index (χ4v) is 4.46. The molecular formula is C17H18N4O4S2. The highest BCUT2D eigenvalue weighted by molar-refractivity contribution is 7.98. The lowest BCUT2D eigenvalue weighted by molar-refractivity contribution is 0.0706. The van der Waals surface area contributed by atoms with Gasteiger partial charge in [-0.15, -0.1) is 0 Å². The van der Waals surface area contributed by atoms with Gasteiger partial charge >= 0.3 is 0 Å². The molecule has 3 rings (SSSR count). The third-order valence-corrected chi connectivity index (χ3v) is 6.76. The molecule has 142 valence electrons. The number of sulfonamides is 1. The number of hydrogen-bond donors (Lipinski definition) is 2. The van der Waals surface area contributed by atoms with E-state index in [0.717, 1.165) is 15.0 Å². The molecule has 3 aromatic rings. The number of amides is 1. The molecule has 0 unspecified atom stereocenters. The molecule has 0 saturated heterocycles. The molecule has 0 aliphatic heterocycles. The number of nitrogens with zero attached hydrogens (tertiary/aromatic N) is 3. The first-order valence-electron chi connectivity index (χ1n) is 7.83. The molecule has 2 aromatic carbocycles. The van der Waals surface area contributed by atoms with E-state index in [-0.39, 0.29) is 10.5 Å². The van der Waals surface area contributed by atoms with Gasteiger partial charge in [0.2, 0.25) is 0 Å². The Hall–Kier alpha value is -2.56. The van der Waals surface area contributed by atoms with Gasteiger partial charge in [0.25, 0.3) is 15.9 Å². The minimum Gasteiger partial charge on any atom is -0.322 e. The Morgan fingerprint density at radius 3 is 2.48 bits per heavy atom. The third kappa shape index (κ3) is 3.38. The number of thioether (sulfide) groups is 1. The highest BCUT2D eigenvalue weighted by Crippen LogP contribution is 2.27. The van der Waals surface area contributed by atoms with Crippen molar-refractivity contribution in [3.63, 3.8) is 0 Å². The molecular weight excluding hydrogens is 388 g/mol. The summed E-state index contributed by atoms with van der Waals surface area (Å²) in [6, 6.07) is 10.7. The number of rotatable bonds is 5. The molecule has 10 heteroatoms. The zero-order chi connectivity index (χ0) is 19.8. The van der Waals surface area contributed by atoms with Crippen LogP contribution in [-0.4, -0.2) is 42.4 Å². The highest BCUT2D eigenvalue weighted by atomic mass is 32.2. The molecule has 0 fully saturated rings. The number of imidazole rings is 1. The molecule has 27 heavy (non-hydrogen) atoms. The Morgan fingerprint density at radius 1 is 1.22 bits per heavy atom. The number of carbonyl (C=O) groups is 1. The van der Waals surface area contributed by atoms with Crippen molar-refractivity contribution in [3.8, 4) is 0 Å². The summed E-state index contributed by atoms with van der Waals surface area (Å²) in [5.41, 5.74) is 3.58. The molecule has 0 bridgehead atoms. The van der Waals surface area contributed by atoms with Crippen LogP contribution in [0.1, 0.15) is 10.4 Å². The van der Waals surface area contributed by atoms with Crippen LogP contribution in [0.15, 0.2) is 52.5 Å². The summed E-state index contributed by atoms with van der Waals surface area (Å²) in [7, 11) is -0.488. The van der Waals surface area contributed by atoms with E-state index in [1.165, 1.54) is 48.6 Å². The predicted molar refractivity (Wildman–Crippen MR) is 104 cm³/mol. The van der Waals surface area contributed by atoms with Crippen LogP contribution in [0.2, 0.25) is 0 Å². The molecule has 2 N–H and O–H groups in total. The molecule has 0 spiro atoms. The second-order valence-electron chi connectivity index (χ2n) is 5.77. The van der Waals surface area contributed by atoms with Gasteiger partial charge in [0.05, 0.1) is 21.6 Å². The molecule has 0 atom stereocenters. The van der Waals surface area contributed by atoms with Crippen LogP contribution in [0.4, 0.5) is 5.69 Å². The maximum absolute atomic E-state index is 13.0. The minimum atomic E-state index is -3.81. The summed E-state index contributed by atoms with van der Waals surface area (Å²) in [5, 5.41) is 9.45. The molecule has 0 radical (unpaired) electrons. The maximum atomic E-state index is 13.0. The zero-order valence-electron chi connectivity index (χ0n) is 14.9. The average molecular weight is 406 g/mol. The number of nitrogens with one attached hydrogen (secondary N) is 1. The largest absolute Gasteiger partial charge is 0.322 e. The smallest absolute Gasteiger partial charge is 0.274 e. The third-order valence-electron chi connectivity index (χ3n) is 4.25. The normalized spacial score (nSPS) is 11.6. The van der Waals surface area contributed by atoms with Gasteiger partial charge in [-0.1, -0.05) is 11.8 Å². The van der Waals surface area contributed by atoms with Gasteiger partial charge in [0.15, 0.2) is 5.16 Å². The van der Waals surface area contributed by atoms with Gasteiger partial charge in [-0.2, -0.15) is 0 Å². The van der Waals surface area contributed by atoms with Gasteiger partial charge < -0.3 is 4.57 Å². The van der Waals surface area contributed by atoms with E-state index in [4.69, 9.17) is 5.21 Å². The Labute approximate surface area is 160 Å². The topological polar surface area (TPSA) is 105 Å². The molecule has 0 aliphatic carbocycles. The summed E-state index contributed by atoms with van der Waals surface area (Å²) in [6.45, 7) is 0. The lowest BCUT2D eigenvalue weighted by Crippen LogP contribution is -2.26. The molecule has 1 heterocycles. The predicted octanol–water partition coefficient (Wildman–Crippen LogP) is 2.24. The van der Waals surface area contributed by atoms with E-state index in [1.54, 1.807) is 18.2 Å². The van der Waals surface area contributed by atoms with Crippen LogP contribution in [-0.2, 0) is 17.1 Å². The van der Waals surface area contributed by atoms with Gasteiger partial charge in [0, 0.05) is 19.7 Å². The molecule has 0 aliphatic rings. The second kappa shape index (κ2) is 7.22. The van der Waals surface area contributed by atoms with Crippen molar-refractivity contribution in [2.45, 2.75) is 10.1 Å². The first-order chi connectivity index (χ1) is 12.8. The highest BCUT2D eigenvalue weighted by Gasteiger charge is 2.23. The van der Waals surface area contributed by atoms with Gasteiger partial charge in [-0.25, -0.2) is 18.9 Å². The van der Waals surface area contributed by atoms with Crippen LogP contribution in [0.25, 0.3) is 11.0 Å². The van der Waals surface area contributed by atoms with Gasteiger partial charge in [-0.3, -0.25) is 14.3 Å². The number of hydroxylamine groups is 1. The maximum Gasteiger partial charge on any atom is 0.274 e. The van der Waals surface area contributed by atoms with E-state index >= 15 is 0 Å². The van der Waals surface area contributed by atoms with Crippen molar-refractivity contribution in [3.05, 3.63) is 48.0 Å². The summed E-state index contributed by atoms with van der Waals surface area (Å²) in [6.07, 6.45) is 1.91. The summed E-state index contributed by atoms with van der Waals surface area (Å²) < 4.78 is 29.0. The van der Waals surface area contributed by atoms with Gasteiger partial charge in [0.1, 0.15) is 0 Å². The van der Waals surface area contributed by atoms with Crippen molar-refractivity contribution >= 4 is 44.4 Å². The SMILES string of the molecule is CSc1nc2cc(S(=O)(=O)N(C)c3ccc(C(=O)NO)cc3)ccc2n1C.